The molecule has 0 aliphatic carbocycles. The Morgan fingerprint density at radius 2 is 1.88 bits per heavy atom. The minimum Gasteiger partial charge on any atom is -0.370 e. The van der Waals surface area contributed by atoms with Gasteiger partial charge in [0.25, 0.3) is 0 Å². The molecule has 1 N–H and O–H groups in total. The third-order valence-electron chi connectivity index (χ3n) is 5.10. The largest absolute Gasteiger partial charge is 0.370 e. The first kappa shape index (κ1) is 19.0. The maximum atomic E-state index is 12.4. The fraction of sp³-hybridized carbons (Fsp3) is 0.550. The molecule has 0 aromatic heterocycles. The van der Waals surface area contributed by atoms with Crippen molar-refractivity contribution >= 4 is 17.4 Å². The highest BCUT2D eigenvalue weighted by molar-refractivity contribution is 5.95. The molecular weight excluding hydrogens is 314 g/mol. The van der Waals surface area contributed by atoms with Gasteiger partial charge in [0.15, 0.2) is 5.78 Å². The van der Waals surface area contributed by atoms with Crippen molar-refractivity contribution in [1.29, 1.82) is 5.26 Å². The van der Waals surface area contributed by atoms with Gasteiger partial charge in [-0.2, -0.15) is 5.26 Å². The van der Waals surface area contributed by atoms with Crippen molar-refractivity contribution in [2.45, 2.75) is 46.6 Å². The van der Waals surface area contributed by atoms with Crippen LogP contribution in [0.25, 0.3) is 0 Å². The van der Waals surface area contributed by atoms with Gasteiger partial charge in [-0.15, -0.1) is 0 Å². The predicted molar refractivity (Wildman–Crippen MR) is 98.5 cm³/mol. The van der Waals surface area contributed by atoms with E-state index in [2.05, 4.69) is 30.1 Å². The summed E-state index contributed by atoms with van der Waals surface area (Å²) in [6.07, 6.45) is 1.51. The van der Waals surface area contributed by atoms with Crippen LogP contribution in [0.4, 0.5) is 5.69 Å². The monoisotopic (exact) mass is 341 g/mol. The number of piperidine rings is 1. The fourth-order valence-electron chi connectivity index (χ4n) is 3.00. The first-order valence-electron chi connectivity index (χ1n) is 8.94. The van der Waals surface area contributed by atoms with E-state index in [9.17, 15) is 14.9 Å². The summed E-state index contributed by atoms with van der Waals surface area (Å²) >= 11 is 0. The molecule has 1 aromatic carbocycles. The Hall–Kier alpha value is -2.35. The molecule has 5 nitrogen and oxygen atoms in total. The van der Waals surface area contributed by atoms with Crippen molar-refractivity contribution < 1.29 is 9.59 Å². The summed E-state index contributed by atoms with van der Waals surface area (Å²) in [7, 11) is 0. The third kappa shape index (κ3) is 4.60. The van der Waals surface area contributed by atoms with Crippen molar-refractivity contribution in [1.82, 2.24) is 5.32 Å². The molecule has 5 heteroatoms. The summed E-state index contributed by atoms with van der Waals surface area (Å²) in [5.74, 6) is 0.539. The second kappa shape index (κ2) is 8.15. The lowest BCUT2D eigenvalue weighted by Crippen LogP contribution is -2.44. The van der Waals surface area contributed by atoms with E-state index in [1.54, 1.807) is 18.2 Å². The fourth-order valence-corrected chi connectivity index (χ4v) is 3.00. The lowest BCUT2D eigenvalue weighted by molar-refractivity contribution is -0.126. The minimum absolute atomic E-state index is 0.0114. The average molecular weight is 341 g/mol. The number of carbonyl (C=O) groups excluding carboxylic acids is 2. The van der Waals surface area contributed by atoms with Crippen LogP contribution in [0.1, 0.15) is 56.5 Å². The first-order valence-corrected chi connectivity index (χ1v) is 8.94. The van der Waals surface area contributed by atoms with Crippen LogP contribution in [0.3, 0.4) is 0 Å². The number of hydrogen-bond acceptors (Lipinski definition) is 4. The number of anilines is 1. The summed E-state index contributed by atoms with van der Waals surface area (Å²) in [6.45, 7) is 9.17. The maximum Gasteiger partial charge on any atom is 0.223 e. The topological polar surface area (TPSA) is 73.2 Å². The van der Waals surface area contributed by atoms with E-state index in [1.807, 2.05) is 6.92 Å². The zero-order valence-corrected chi connectivity index (χ0v) is 15.5. The highest BCUT2D eigenvalue weighted by Gasteiger charge is 2.27. The van der Waals surface area contributed by atoms with Crippen LogP contribution < -0.4 is 10.2 Å². The van der Waals surface area contributed by atoms with Gasteiger partial charge in [0.1, 0.15) is 6.07 Å². The number of benzene rings is 1. The number of carbonyl (C=O) groups is 2. The molecule has 0 radical (unpaired) electrons. The zero-order chi connectivity index (χ0) is 18.6. The normalized spacial score (nSPS) is 16.4. The van der Waals surface area contributed by atoms with E-state index in [1.165, 1.54) is 6.92 Å². The molecule has 1 amide bonds. The molecule has 0 saturated carbocycles. The van der Waals surface area contributed by atoms with Crippen LogP contribution in [-0.4, -0.2) is 30.8 Å². The molecule has 134 valence electrons. The van der Waals surface area contributed by atoms with Gasteiger partial charge in [0, 0.05) is 30.6 Å². The number of Topliss-reactive ketones (excluding diaryl/α,β-unsaturated/α-hetero) is 1. The molecule has 1 unspecified atom stereocenters. The quantitative estimate of drug-likeness (QED) is 0.835. The highest BCUT2D eigenvalue weighted by atomic mass is 16.2. The Morgan fingerprint density at radius 1 is 1.24 bits per heavy atom. The predicted octanol–water partition coefficient (Wildman–Crippen LogP) is 3.14. The Bertz CT molecular complexity index is 683. The zero-order valence-electron chi connectivity index (χ0n) is 15.5. The van der Waals surface area contributed by atoms with E-state index in [-0.39, 0.29) is 23.7 Å². The van der Waals surface area contributed by atoms with Gasteiger partial charge in [-0.25, -0.2) is 0 Å². The van der Waals surface area contributed by atoms with Crippen molar-refractivity contribution in [2.75, 3.05) is 18.0 Å². The Balaban J connectivity index is 2.05. The van der Waals surface area contributed by atoms with Crippen molar-refractivity contribution in [3.05, 3.63) is 29.3 Å². The molecule has 25 heavy (non-hydrogen) atoms. The molecule has 0 bridgehead atoms. The number of nitrogens with zero attached hydrogens (tertiary/aromatic N) is 2. The maximum absolute atomic E-state index is 12.4. The number of ketones is 1. The molecule has 1 saturated heterocycles. The highest BCUT2D eigenvalue weighted by Crippen LogP contribution is 2.27. The molecule has 1 fully saturated rings. The van der Waals surface area contributed by atoms with E-state index < -0.39 is 0 Å². The van der Waals surface area contributed by atoms with Gasteiger partial charge in [-0.1, -0.05) is 13.8 Å². The summed E-state index contributed by atoms with van der Waals surface area (Å²) in [5.41, 5.74) is 1.98. The Morgan fingerprint density at radius 3 is 2.40 bits per heavy atom. The number of nitrogens with one attached hydrogen (secondary N) is 1. The van der Waals surface area contributed by atoms with Gasteiger partial charge in [0.05, 0.1) is 11.3 Å². The third-order valence-corrected chi connectivity index (χ3v) is 5.10. The average Bonchev–Trinajstić information content (AvgIpc) is 2.61. The van der Waals surface area contributed by atoms with Crippen LogP contribution >= 0.6 is 0 Å². The van der Waals surface area contributed by atoms with E-state index in [4.69, 9.17) is 0 Å². The summed E-state index contributed by atoms with van der Waals surface area (Å²) in [6, 6.07) is 7.56. The summed E-state index contributed by atoms with van der Waals surface area (Å²) in [5, 5.41) is 12.4. The van der Waals surface area contributed by atoms with Crippen LogP contribution in [0.15, 0.2) is 18.2 Å². The number of nitriles is 1. The van der Waals surface area contributed by atoms with E-state index in [0.29, 0.717) is 30.1 Å². The van der Waals surface area contributed by atoms with Crippen LogP contribution in [0.2, 0.25) is 0 Å². The summed E-state index contributed by atoms with van der Waals surface area (Å²) < 4.78 is 0. The summed E-state index contributed by atoms with van der Waals surface area (Å²) in [4.78, 5) is 26.1. The van der Waals surface area contributed by atoms with Crippen molar-refractivity contribution in [3.63, 3.8) is 0 Å². The smallest absolute Gasteiger partial charge is 0.223 e. The Kier molecular flexibility index (Phi) is 6.19. The molecule has 1 aliphatic heterocycles. The number of hydrogen-bond donors (Lipinski definition) is 1. The molecule has 2 rings (SSSR count). The van der Waals surface area contributed by atoms with Crippen LogP contribution in [0.5, 0.6) is 0 Å². The lowest BCUT2D eigenvalue weighted by Gasteiger charge is -2.34. The van der Waals surface area contributed by atoms with Gasteiger partial charge < -0.3 is 10.2 Å². The second-order valence-electron chi connectivity index (χ2n) is 7.20. The minimum atomic E-state index is -0.0114. The van der Waals surface area contributed by atoms with Gasteiger partial charge in [-0.05, 0) is 50.8 Å². The number of rotatable bonds is 5. The molecule has 0 spiro atoms. The standard InChI is InChI=1S/C20H27N3O2/c1-13(2)14(3)22-20(25)16-7-9-23(10-8-16)19-11-17(15(4)24)5-6-18(19)12-21/h5-6,11,13-14,16H,7-10H2,1-4H3,(H,22,25). The molecule has 1 heterocycles. The van der Waals surface area contributed by atoms with Crippen molar-refractivity contribution in [3.8, 4) is 6.07 Å². The molecular formula is C20H27N3O2. The van der Waals surface area contributed by atoms with Crippen LogP contribution in [0, 0.1) is 23.2 Å². The number of amides is 1. The first-order chi connectivity index (χ1) is 11.8. The Labute approximate surface area is 150 Å². The SMILES string of the molecule is CC(=O)c1ccc(C#N)c(N2CCC(C(=O)NC(C)C(C)C)CC2)c1. The van der Waals surface area contributed by atoms with Crippen molar-refractivity contribution in [2.24, 2.45) is 11.8 Å². The molecule has 1 atom stereocenters. The molecule has 1 aliphatic rings. The lowest BCUT2D eigenvalue weighted by atomic mass is 9.93. The van der Waals surface area contributed by atoms with Gasteiger partial charge in [0.2, 0.25) is 5.91 Å². The molecule has 1 aromatic rings. The van der Waals surface area contributed by atoms with E-state index >= 15 is 0 Å². The van der Waals surface area contributed by atoms with Gasteiger partial charge >= 0.3 is 0 Å². The second-order valence-corrected chi connectivity index (χ2v) is 7.20. The van der Waals surface area contributed by atoms with Crippen LogP contribution in [-0.2, 0) is 4.79 Å². The van der Waals surface area contributed by atoms with Gasteiger partial charge in [-0.3, -0.25) is 9.59 Å². The van der Waals surface area contributed by atoms with E-state index in [0.717, 1.165) is 18.5 Å².